The predicted molar refractivity (Wildman–Crippen MR) is 264 cm³/mol. The molecular weight excluding hydrogens is 1070 g/mol. The van der Waals surface area contributed by atoms with Gasteiger partial charge in [-0.05, 0) is 50.7 Å². The third-order valence-corrected chi connectivity index (χ3v) is 15.9. The first-order valence-corrected chi connectivity index (χ1v) is 27.2. The van der Waals surface area contributed by atoms with Crippen molar-refractivity contribution in [3.8, 4) is 11.3 Å². The topological polar surface area (TPSA) is 365 Å². The van der Waals surface area contributed by atoms with Gasteiger partial charge in [0.05, 0.1) is 44.3 Å². The van der Waals surface area contributed by atoms with Crippen molar-refractivity contribution in [2.75, 3.05) is 39.5 Å². The van der Waals surface area contributed by atoms with E-state index in [2.05, 4.69) is 26.3 Å². The Morgan fingerprint density at radius 2 is 1.43 bits per heavy atom. The first-order chi connectivity index (χ1) is 38.2. The van der Waals surface area contributed by atoms with Crippen LogP contribution < -0.4 is 16.0 Å². The number of ether oxygens (including phenoxy) is 7. The number of halogens is 3. The molecule has 26 nitrogen and oxygen atoms in total. The lowest BCUT2D eigenvalue weighted by molar-refractivity contribution is -0.335. The fraction of sp³-hybridized carbons (Fsp3) is 0.765. The average Bonchev–Trinajstić information content (AvgIpc) is 3.90. The van der Waals surface area contributed by atoms with Crippen molar-refractivity contribution in [3.05, 3.63) is 35.8 Å². The first-order valence-electron chi connectivity index (χ1n) is 27.2. The second kappa shape index (κ2) is 27.2. The highest BCUT2D eigenvalue weighted by Gasteiger charge is 2.54. The van der Waals surface area contributed by atoms with Crippen LogP contribution in [0.25, 0.3) is 11.3 Å². The van der Waals surface area contributed by atoms with Gasteiger partial charge in [-0.3, -0.25) is 19.2 Å². The monoisotopic (exact) mass is 1150 g/mol. The Morgan fingerprint density at radius 3 is 2.06 bits per heavy atom. The molecule has 4 saturated heterocycles. The van der Waals surface area contributed by atoms with Crippen LogP contribution >= 0.6 is 0 Å². The summed E-state index contributed by atoms with van der Waals surface area (Å²) in [5.41, 5.74) is -0.374. The number of carbonyl (C=O) groups excluding carboxylic acids is 4. The second-order valence-electron chi connectivity index (χ2n) is 21.6. The van der Waals surface area contributed by atoms with Gasteiger partial charge in [-0.25, -0.2) is 17.9 Å². The number of aliphatic hydroxyl groups is 8. The number of likely N-dealkylation sites (tertiary alicyclic amines) is 1. The van der Waals surface area contributed by atoms with Crippen LogP contribution in [0.1, 0.15) is 84.6 Å². The number of aromatic nitrogens is 3. The molecule has 11 N–H and O–H groups in total. The lowest BCUT2D eigenvalue weighted by atomic mass is 9.80. The summed E-state index contributed by atoms with van der Waals surface area (Å²) < 4.78 is 85.9. The summed E-state index contributed by atoms with van der Waals surface area (Å²) in [5.74, 6) is -7.81. The third kappa shape index (κ3) is 14.1. The number of carbonyl (C=O) groups is 4. The highest BCUT2D eigenvalue weighted by molar-refractivity contribution is 5.82. The fourth-order valence-electron chi connectivity index (χ4n) is 11.5. The van der Waals surface area contributed by atoms with Gasteiger partial charge in [0.15, 0.2) is 36.3 Å². The van der Waals surface area contributed by atoms with E-state index in [-0.39, 0.29) is 49.1 Å². The van der Waals surface area contributed by atoms with Gasteiger partial charge >= 0.3 is 0 Å². The van der Waals surface area contributed by atoms with Crippen molar-refractivity contribution in [1.29, 1.82) is 0 Å². The summed E-state index contributed by atoms with van der Waals surface area (Å²) in [6.45, 7) is 2.62. The third-order valence-electron chi connectivity index (χ3n) is 15.9. The molecule has 0 spiro atoms. The van der Waals surface area contributed by atoms with Crippen molar-refractivity contribution < 1.29 is 106 Å². The summed E-state index contributed by atoms with van der Waals surface area (Å²) >= 11 is 0. The molecule has 4 amide bonds. The van der Waals surface area contributed by atoms with E-state index in [9.17, 15) is 73.2 Å². The molecule has 2 saturated carbocycles. The minimum absolute atomic E-state index is 0.128. The molecule has 0 bridgehead atoms. The molecule has 29 heteroatoms. The number of amides is 4. The number of benzene rings is 1. The number of hydrogen-bond donors (Lipinski definition) is 11. The van der Waals surface area contributed by atoms with E-state index >= 15 is 0 Å². The Hall–Kier alpha value is -4.57. The SMILES string of the molecule is CC(=O)NC1CC(C(=O)NCCO[C@H]2OC(CO)[C@@H](O)C(n3cc(-c4cc(F)c(F)c(F)c4)nn3)C2O)C[C@@H](O[C@@H]2OC(CO)[C@H](O)C(O[C@@H](CC3CCCCC3)C(=O)N3CCC3)C2NC(C)=O)C1O[C@@H]1OC(C)[C@@H](O)C(O)C1O. The van der Waals surface area contributed by atoms with E-state index in [1.54, 1.807) is 4.90 Å². The van der Waals surface area contributed by atoms with Crippen molar-refractivity contribution in [2.24, 2.45) is 11.8 Å². The maximum Gasteiger partial charge on any atom is 0.251 e. The number of nitrogens with one attached hydrogen (secondary N) is 3. The zero-order chi connectivity index (χ0) is 57.7. The zero-order valence-corrected chi connectivity index (χ0v) is 44.5. The summed E-state index contributed by atoms with van der Waals surface area (Å²) in [6, 6.07) is -2.63. The maximum absolute atomic E-state index is 14.3. The lowest BCUT2D eigenvalue weighted by Gasteiger charge is -2.49. The lowest BCUT2D eigenvalue weighted by Crippen LogP contribution is -2.68. The van der Waals surface area contributed by atoms with Crippen LogP contribution in [0, 0.1) is 29.3 Å². The van der Waals surface area contributed by atoms with Crippen LogP contribution in [-0.2, 0) is 52.3 Å². The van der Waals surface area contributed by atoms with Gasteiger partial charge < -0.3 is 94.9 Å². The number of aliphatic hydroxyl groups excluding tert-OH is 8. The van der Waals surface area contributed by atoms with Crippen LogP contribution in [0.5, 0.6) is 0 Å². The largest absolute Gasteiger partial charge is 0.394 e. The van der Waals surface area contributed by atoms with E-state index in [0.717, 1.165) is 49.4 Å². The average molecular weight is 1150 g/mol. The second-order valence-corrected chi connectivity index (χ2v) is 21.6. The minimum atomic E-state index is -1.85. The van der Waals surface area contributed by atoms with E-state index in [1.165, 1.54) is 20.8 Å². The summed E-state index contributed by atoms with van der Waals surface area (Å²) in [4.78, 5) is 56.0. The summed E-state index contributed by atoms with van der Waals surface area (Å²) in [6.07, 6.45) is -17.7. The minimum Gasteiger partial charge on any atom is -0.394 e. The molecule has 2 aromatic rings. The summed E-state index contributed by atoms with van der Waals surface area (Å²) in [5, 5.41) is 103. The Bertz CT molecular complexity index is 2400. The Kier molecular flexibility index (Phi) is 20.9. The van der Waals surface area contributed by atoms with Crippen LogP contribution in [0.3, 0.4) is 0 Å². The van der Waals surface area contributed by atoms with Gasteiger partial charge in [0.2, 0.25) is 17.7 Å². The quantitative estimate of drug-likeness (QED) is 0.0483. The molecule has 6 fully saturated rings. The van der Waals surface area contributed by atoms with E-state index < -0.39 is 171 Å². The van der Waals surface area contributed by atoms with Crippen LogP contribution in [0.15, 0.2) is 18.3 Å². The molecule has 448 valence electrons. The molecule has 0 radical (unpaired) electrons. The van der Waals surface area contributed by atoms with E-state index in [1.807, 2.05) is 0 Å². The Balaban J connectivity index is 1.02. The van der Waals surface area contributed by atoms with Gasteiger partial charge in [-0.15, -0.1) is 5.10 Å². The van der Waals surface area contributed by atoms with Gasteiger partial charge in [0.1, 0.15) is 84.9 Å². The zero-order valence-electron chi connectivity index (χ0n) is 44.5. The molecule has 5 heterocycles. The van der Waals surface area contributed by atoms with Gasteiger partial charge in [-0.1, -0.05) is 37.3 Å². The molecule has 2 aliphatic carbocycles. The van der Waals surface area contributed by atoms with Gasteiger partial charge in [-0.2, -0.15) is 0 Å². The normalized spacial score (nSPS) is 36.4. The molecule has 8 rings (SSSR count). The van der Waals surface area contributed by atoms with Crippen LogP contribution in [-0.4, -0.2) is 234 Å². The molecular formula is C51H74F3N7O19. The van der Waals surface area contributed by atoms with Crippen molar-refractivity contribution in [1.82, 2.24) is 35.8 Å². The molecule has 12 unspecified atom stereocenters. The molecule has 1 aromatic carbocycles. The highest BCUT2D eigenvalue weighted by Crippen LogP contribution is 2.38. The van der Waals surface area contributed by atoms with Crippen LogP contribution in [0.2, 0.25) is 0 Å². The standard InChI is InChI=1S/C51H74F3N7O19/c1-22-39(66)43(70)44(71)51(75-22)80-45-30(56-23(2)64)17-27(47(72)55-10-13-74-50-42(69)38(40(67)34(20-62)79-50)61-19-31(58-59-61)26-15-28(52)36(54)29(53)16-26)18-32(45)77-49-37(57-24(3)65)46(41(68)35(21-63)78-49)76-33(48(73)60-11-7-12-60)14-25-8-5-4-6-9-25/h15-16,19,22,25,27,30,32-35,37-46,49-51,62-63,66-71H,4-14,17-18,20-21H2,1-3H3,(H,55,72)(H,56,64)(H,57,65)/t22?,27?,30?,32-,33+,34?,35?,37?,38?,39-,40-,41+,42?,43?,44?,45?,46?,49-,50+,51+/m1/s1. The van der Waals surface area contributed by atoms with Crippen molar-refractivity contribution in [2.45, 2.75) is 195 Å². The first kappa shape index (κ1) is 61.5. The van der Waals surface area contributed by atoms with E-state index in [4.69, 9.17) is 33.2 Å². The Morgan fingerprint density at radius 1 is 0.762 bits per heavy atom. The smallest absolute Gasteiger partial charge is 0.251 e. The fourth-order valence-corrected chi connectivity index (χ4v) is 11.5. The molecule has 4 aliphatic heterocycles. The molecule has 20 atom stereocenters. The van der Waals surface area contributed by atoms with Crippen LogP contribution in [0.4, 0.5) is 13.2 Å². The summed E-state index contributed by atoms with van der Waals surface area (Å²) in [7, 11) is 0. The molecule has 80 heavy (non-hydrogen) atoms. The van der Waals surface area contributed by atoms with E-state index in [0.29, 0.717) is 31.6 Å². The molecule has 1 aromatic heterocycles. The number of nitrogens with zero attached hydrogens (tertiary/aromatic N) is 4. The van der Waals surface area contributed by atoms with Gasteiger partial charge in [0, 0.05) is 45.0 Å². The molecule has 6 aliphatic rings. The number of hydrogen-bond acceptors (Lipinski definition) is 21. The number of rotatable bonds is 20. The van der Waals surface area contributed by atoms with Crippen molar-refractivity contribution >= 4 is 23.6 Å². The van der Waals surface area contributed by atoms with Crippen molar-refractivity contribution in [3.63, 3.8) is 0 Å². The predicted octanol–water partition coefficient (Wildman–Crippen LogP) is -2.47. The Labute approximate surface area is 458 Å². The van der Waals surface area contributed by atoms with Gasteiger partial charge in [0.25, 0.3) is 5.91 Å². The highest BCUT2D eigenvalue weighted by atomic mass is 19.2. The maximum atomic E-state index is 14.3.